The lowest BCUT2D eigenvalue weighted by Crippen LogP contribution is -2.26. The van der Waals surface area contributed by atoms with Crippen molar-refractivity contribution < 1.29 is 4.79 Å². The molecule has 1 amide bonds. The second kappa shape index (κ2) is 6.36. The first-order valence-electron chi connectivity index (χ1n) is 7.59. The molecule has 1 aromatic carbocycles. The van der Waals surface area contributed by atoms with E-state index in [4.69, 9.17) is 0 Å². The minimum absolute atomic E-state index is 0.0114. The fourth-order valence-electron chi connectivity index (χ4n) is 2.54. The van der Waals surface area contributed by atoms with Crippen molar-refractivity contribution in [2.45, 2.75) is 26.8 Å². The second-order valence-electron chi connectivity index (χ2n) is 5.53. The van der Waals surface area contributed by atoms with Gasteiger partial charge in [-0.2, -0.15) is 0 Å². The number of fused-ring (bicyclic) bond motifs is 1. The van der Waals surface area contributed by atoms with Crippen LogP contribution in [0.3, 0.4) is 0 Å². The molecule has 3 aromatic rings. The molecule has 2 aromatic heterocycles. The van der Waals surface area contributed by atoms with Crippen LogP contribution in [0.1, 0.15) is 35.0 Å². The molecule has 3 nitrogen and oxygen atoms in total. The fourth-order valence-corrected chi connectivity index (χ4v) is 3.36. The van der Waals surface area contributed by atoms with E-state index in [-0.39, 0.29) is 5.91 Å². The SMILES string of the molecule is CCCNC(=O)c1cc2sccc2n1Cc1ccc(C)cc1. The summed E-state index contributed by atoms with van der Waals surface area (Å²) in [7, 11) is 0. The molecule has 0 spiro atoms. The zero-order valence-corrected chi connectivity index (χ0v) is 13.7. The first-order valence-corrected chi connectivity index (χ1v) is 8.47. The molecule has 0 atom stereocenters. The molecule has 3 rings (SSSR count). The third-order valence-corrected chi connectivity index (χ3v) is 4.61. The molecule has 0 aliphatic rings. The maximum atomic E-state index is 12.4. The van der Waals surface area contributed by atoms with Gasteiger partial charge in [0.25, 0.3) is 5.91 Å². The Kier molecular flexibility index (Phi) is 4.29. The first-order chi connectivity index (χ1) is 10.7. The summed E-state index contributed by atoms with van der Waals surface area (Å²) in [5, 5.41) is 5.05. The molecule has 4 heteroatoms. The van der Waals surface area contributed by atoms with Gasteiger partial charge in [-0.1, -0.05) is 36.8 Å². The number of hydrogen-bond acceptors (Lipinski definition) is 2. The number of nitrogens with zero attached hydrogens (tertiary/aromatic N) is 1. The van der Waals surface area contributed by atoms with E-state index >= 15 is 0 Å². The molecule has 0 bridgehead atoms. The molecule has 0 saturated heterocycles. The van der Waals surface area contributed by atoms with Crippen molar-refractivity contribution in [3.8, 4) is 0 Å². The Morgan fingerprint density at radius 1 is 1.23 bits per heavy atom. The first kappa shape index (κ1) is 14.9. The zero-order valence-electron chi connectivity index (χ0n) is 12.9. The highest BCUT2D eigenvalue weighted by Gasteiger charge is 2.16. The highest BCUT2D eigenvalue weighted by Crippen LogP contribution is 2.26. The predicted octanol–water partition coefficient (Wildman–Crippen LogP) is 4.20. The van der Waals surface area contributed by atoms with Gasteiger partial charge in [-0.05, 0) is 36.4 Å². The average molecular weight is 312 g/mol. The summed E-state index contributed by atoms with van der Waals surface area (Å²) in [6.07, 6.45) is 0.943. The van der Waals surface area contributed by atoms with E-state index < -0.39 is 0 Å². The van der Waals surface area contributed by atoms with Crippen LogP contribution in [0.4, 0.5) is 0 Å². The van der Waals surface area contributed by atoms with E-state index in [0.29, 0.717) is 6.54 Å². The van der Waals surface area contributed by atoms with Crippen molar-refractivity contribution in [2.24, 2.45) is 0 Å². The van der Waals surface area contributed by atoms with Crippen LogP contribution in [0.5, 0.6) is 0 Å². The molecule has 22 heavy (non-hydrogen) atoms. The number of thiophene rings is 1. The van der Waals surface area contributed by atoms with Crippen molar-refractivity contribution in [1.82, 2.24) is 9.88 Å². The van der Waals surface area contributed by atoms with Gasteiger partial charge in [-0.15, -0.1) is 11.3 Å². The molecule has 0 fully saturated rings. The Morgan fingerprint density at radius 2 is 2.00 bits per heavy atom. The van der Waals surface area contributed by atoms with E-state index in [9.17, 15) is 4.79 Å². The van der Waals surface area contributed by atoms with E-state index in [1.807, 2.05) is 6.07 Å². The molecular formula is C18H20N2OS. The minimum atomic E-state index is 0.0114. The standard InChI is InChI=1S/C18H20N2OS/c1-3-9-19-18(21)16-11-17-15(8-10-22-17)20(16)12-14-6-4-13(2)5-7-14/h4-8,10-11H,3,9,12H2,1-2H3,(H,19,21). The van der Waals surface area contributed by atoms with Crippen LogP contribution in [0.2, 0.25) is 0 Å². The zero-order chi connectivity index (χ0) is 15.5. The lowest BCUT2D eigenvalue weighted by atomic mass is 10.1. The Bertz CT molecular complexity index is 783. The molecule has 0 radical (unpaired) electrons. The monoisotopic (exact) mass is 312 g/mol. The number of carbonyl (C=O) groups excluding carboxylic acids is 1. The van der Waals surface area contributed by atoms with Gasteiger partial charge in [-0.3, -0.25) is 4.79 Å². The number of rotatable bonds is 5. The molecule has 114 valence electrons. The van der Waals surface area contributed by atoms with E-state index in [2.05, 4.69) is 59.4 Å². The van der Waals surface area contributed by atoms with Gasteiger partial charge in [0.15, 0.2) is 0 Å². The van der Waals surface area contributed by atoms with Crippen LogP contribution in [0, 0.1) is 6.92 Å². The normalized spacial score (nSPS) is 11.0. The van der Waals surface area contributed by atoms with Gasteiger partial charge >= 0.3 is 0 Å². The summed E-state index contributed by atoms with van der Waals surface area (Å²) in [6.45, 7) is 5.57. The minimum Gasteiger partial charge on any atom is -0.351 e. The summed E-state index contributed by atoms with van der Waals surface area (Å²) in [5.74, 6) is 0.0114. The predicted molar refractivity (Wildman–Crippen MR) is 92.7 cm³/mol. The number of amides is 1. The highest BCUT2D eigenvalue weighted by molar-refractivity contribution is 7.17. The lowest BCUT2D eigenvalue weighted by Gasteiger charge is -2.11. The van der Waals surface area contributed by atoms with Gasteiger partial charge in [-0.25, -0.2) is 0 Å². The largest absolute Gasteiger partial charge is 0.351 e. The topological polar surface area (TPSA) is 34.0 Å². The van der Waals surface area contributed by atoms with Crippen LogP contribution in [-0.2, 0) is 6.54 Å². The Balaban J connectivity index is 1.96. The average Bonchev–Trinajstić information content (AvgIpc) is 3.09. The van der Waals surface area contributed by atoms with Crippen molar-refractivity contribution in [1.29, 1.82) is 0 Å². The van der Waals surface area contributed by atoms with Gasteiger partial charge in [0, 0.05) is 13.1 Å². The Hall–Kier alpha value is -2.07. The Morgan fingerprint density at radius 3 is 2.73 bits per heavy atom. The van der Waals surface area contributed by atoms with Crippen LogP contribution in [0.25, 0.3) is 10.2 Å². The van der Waals surface area contributed by atoms with Crippen molar-refractivity contribution in [3.05, 3.63) is 58.6 Å². The second-order valence-corrected chi connectivity index (χ2v) is 6.48. The number of nitrogens with one attached hydrogen (secondary N) is 1. The molecule has 0 aliphatic carbocycles. The highest BCUT2D eigenvalue weighted by atomic mass is 32.1. The quantitative estimate of drug-likeness (QED) is 0.753. The van der Waals surface area contributed by atoms with Crippen molar-refractivity contribution in [2.75, 3.05) is 6.54 Å². The number of carbonyl (C=O) groups is 1. The smallest absolute Gasteiger partial charge is 0.267 e. The number of hydrogen-bond donors (Lipinski definition) is 1. The van der Waals surface area contributed by atoms with Crippen LogP contribution >= 0.6 is 11.3 Å². The van der Waals surface area contributed by atoms with E-state index in [1.54, 1.807) is 11.3 Å². The van der Waals surface area contributed by atoms with Crippen molar-refractivity contribution in [3.63, 3.8) is 0 Å². The van der Waals surface area contributed by atoms with E-state index in [1.165, 1.54) is 11.1 Å². The molecular weight excluding hydrogens is 292 g/mol. The van der Waals surface area contributed by atoms with Crippen LogP contribution in [0.15, 0.2) is 41.8 Å². The van der Waals surface area contributed by atoms with Crippen LogP contribution in [-0.4, -0.2) is 17.0 Å². The summed E-state index contributed by atoms with van der Waals surface area (Å²) >= 11 is 1.68. The number of aromatic nitrogens is 1. The molecule has 1 N–H and O–H groups in total. The Labute approximate surface area is 134 Å². The fraction of sp³-hybridized carbons (Fsp3) is 0.278. The number of benzene rings is 1. The number of aryl methyl sites for hydroxylation is 1. The molecule has 0 aliphatic heterocycles. The van der Waals surface area contributed by atoms with Crippen LogP contribution < -0.4 is 5.32 Å². The summed E-state index contributed by atoms with van der Waals surface area (Å²) in [6, 6.07) is 12.6. The van der Waals surface area contributed by atoms with Crippen molar-refractivity contribution >= 4 is 27.5 Å². The maximum Gasteiger partial charge on any atom is 0.267 e. The lowest BCUT2D eigenvalue weighted by molar-refractivity contribution is 0.0945. The molecule has 2 heterocycles. The van der Waals surface area contributed by atoms with Gasteiger partial charge < -0.3 is 9.88 Å². The summed E-state index contributed by atoms with van der Waals surface area (Å²) in [5.41, 5.74) is 4.33. The summed E-state index contributed by atoms with van der Waals surface area (Å²) in [4.78, 5) is 12.4. The maximum absolute atomic E-state index is 12.4. The van der Waals surface area contributed by atoms with E-state index in [0.717, 1.165) is 28.9 Å². The third kappa shape index (κ3) is 2.92. The third-order valence-electron chi connectivity index (χ3n) is 3.75. The summed E-state index contributed by atoms with van der Waals surface area (Å²) < 4.78 is 3.27. The van der Waals surface area contributed by atoms with Gasteiger partial charge in [0.05, 0.1) is 10.2 Å². The van der Waals surface area contributed by atoms with Gasteiger partial charge in [0.1, 0.15) is 5.69 Å². The molecule has 0 unspecified atom stereocenters. The van der Waals surface area contributed by atoms with Gasteiger partial charge in [0.2, 0.25) is 0 Å². The molecule has 0 saturated carbocycles.